The smallest absolute Gasteiger partial charge is 0.0542 e. The molecule has 17 heavy (non-hydrogen) atoms. The van der Waals surface area contributed by atoms with Crippen LogP contribution in [0.5, 0.6) is 0 Å². The van der Waals surface area contributed by atoms with E-state index in [0.29, 0.717) is 0 Å². The standard InChI is InChI=1S/C13H13ClINS/c14-11-7-10(2-3-12(11)15)13(16)4-1-9-5-6-17-8-9/h2-3,5-8,13H,1,4,16H2. The third kappa shape index (κ3) is 3.68. The van der Waals surface area contributed by atoms with Gasteiger partial charge in [-0.3, -0.25) is 0 Å². The van der Waals surface area contributed by atoms with E-state index in [1.165, 1.54) is 5.56 Å². The van der Waals surface area contributed by atoms with Gasteiger partial charge in [0.05, 0.1) is 5.02 Å². The molecule has 1 unspecified atom stereocenters. The summed E-state index contributed by atoms with van der Waals surface area (Å²) in [5.74, 6) is 0. The monoisotopic (exact) mass is 377 g/mol. The van der Waals surface area contributed by atoms with Crippen LogP contribution in [0.25, 0.3) is 0 Å². The van der Waals surface area contributed by atoms with Gasteiger partial charge in [-0.2, -0.15) is 11.3 Å². The van der Waals surface area contributed by atoms with E-state index in [1.54, 1.807) is 11.3 Å². The van der Waals surface area contributed by atoms with E-state index < -0.39 is 0 Å². The zero-order chi connectivity index (χ0) is 12.3. The van der Waals surface area contributed by atoms with E-state index in [4.69, 9.17) is 17.3 Å². The van der Waals surface area contributed by atoms with Crippen LogP contribution in [0.15, 0.2) is 35.0 Å². The fraction of sp³-hybridized carbons (Fsp3) is 0.231. The Kier molecular flexibility index (Phi) is 4.85. The van der Waals surface area contributed by atoms with Gasteiger partial charge >= 0.3 is 0 Å². The summed E-state index contributed by atoms with van der Waals surface area (Å²) >= 11 is 10.0. The van der Waals surface area contributed by atoms with Gasteiger partial charge in [-0.1, -0.05) is 17.7 Å². The highest BCUT2D eigenvalue weighted by Gasteiger charge is 2.08. The van der Waals surface area contributed by atoms with Crippen molar-refractivity contribution >= 4 is 45.5 Å². The van der Waals surface area contributed by atoms with Crippen LogP contribution in [-0.2, 0) is 6.42 Å². The maximum Gasteiger partial charge on any atom is 0.0542 e. The molecule has 1 aromatic carbocycles. The highest BCUT2D eigenvalue weighted by molar-refractivity contribution is 14.1. The summed E-state index contributed by atoms with van der Waals surface area (Å²) in [6.45, 7) is 0. The van der Waals surface area contributed by atoms with Gasteiger partial charge in [-0.25, -0.2) is 0 Å². The molecule has 2 aromatic rings. The molecule has 0 saturated heterocycles. The third-order valence-corrected chi connectivity index (χ3v) is 5.00. The molecule has 0 spiro atoms. The molecule has 4 heteroatoms. The molecule has 0 radical (unpaired) electrons. The van der Waals surface area contributed by atoms with Gasteiger partial charge in [0.1, 0.15) is 0 Å². The Labute approximate surface area is 124 Å². The second kappa shape index (κ2) is 6.18. The van der Waals surface area contributed by atoms with E-state index in [9.17, 15) is 0 Å². The number of thiophene rings is 1. The summed E-state index contributed by atoms with van der Waals surface area (Å²) in [5.41, 5.74) is 8.65. The van der Waals surface area contributed by atoms with E-state index in [-0.39, 0.29) is 6.04 Å². The number of aryl methyl sites for hydroxylation is 1. The molecular formula is C13H13ClINS. The normalized spacial score (nSPS) is 12.6. The minimum atomic E-state index is 0.0596. The average molecular weight is 378 g/mol. The van der Waals surface area contributed by atoms with E-state index in [2.05, 4.69) is 45.5 Å². The molecule has 1 aromatic heterocycles. The fourth-order valence-corrected chi connectivity index (χ4v) is 2.89. The van der Waals surface area contributed by atoms with Gasteiger partial charge in [0.2, 0.25) is 0 Å². The summed E-state index contributed by atoms with van der Waals surface area (Å²) in [6, 6.07) is 8.26. The molecule has 0 saturated carbocycles. The molecular weight excluding hydrogens is 365 g/mol. The molecule has 2 N–H and O–H groups in total. The first-order valence-electron chi connectivity index (χ1n) is 5.38. The largest absolute Gasteiger partial charge is 0.324 e. The fourth-order valence-electron chi connectivity index (χ4n) is 1.67. The molecule has 90 valence electrons. The van der Waals surface area contributed by atoms with E-state index in [1.807, 2.05) is 12.1 Å². The van der Waals surface area contributed by atoms with E-state index in [0.717, 1.165) is 27.0 Å². The van der Waals surface area contributed by atoms with Crippen molar-refractivity contribution < 1.29 is 0 Å². The summed E-state index contributed by atoms with van der Waals surface area (Å²) in [4.78, 5) is 0. The molecule has 0 fully saturated rings. The molecule has 0 aliphatic heterocycles. The molecule has 0 bridgehead atoms. The van der Waals surface area contributed by atoms with Gasteiger partial charge in [0.15, 0.2) is 0 Å². The topological polar surface area (TPSA) is 26.0 Å². The molecule has 1 heterocycles. The molecule has 0 amide bonds. The lowest BCUT2D eigenvalue weighted by Gasteiger charge is -2.12. The average Bonchev–Trinajstić information content (AvgIpc) is 2.82. The molecule has 2 rings (SSSR count). The summed E-state index contributed by atoms with van der Waals surface area (Å²) in [5, 5.41) is 5.06. The lowest BCUT2D eigenvalue weighted by molar-refractivity contribution is 0.652. The zero-order valence-electron chi connectivity index (χ0n) is 9.20. The first kappa shape index (κ1) is 13.3. The van der Waals surface area contributed by atoms with Crippen LogP contribution in [0.1, 0.15) is 23.6 Å². The van der Waals surface area contributed by atoms with Gasteiger partial charge in [-0.15, -0.1) is 0 Å². The van der Waals surface area contributed by atoms with E-state index >= 15 is 0 Å². The first-order chi connectivity index (χ1) is 8.16. The number of hydrogen-bond acceptors (Lipinski definition) is 2. The minimum absolute atomic E-state index is 0.0596. The Morgan fingerprint density at radius 2 is 2.18 bits per heavy atom. The van der Waals surface area contributed by atoms with Gasteiger partial charge in [0, 0.05) is 9.61 Å². The predicted octanol–water partition coefficient (Wildman–Crippen LogP) is 4.64. The number of rotatable bonds is 4. The van der Waals surface area contributed by atoms with Gasteiger partial charge in [-0.05, 0) is 75.5 Å². The maximum atomic E-state index is 6.17. The third-order valence-electron chi connectivity index (χ3n) is 2.70. The first-order valence-corrected chi connectivity index (χ1v) is 7.78. The Bertz CT molecular complexity index is 484. The molecule has 1 atom stereocenters. The lowest BCUT2D eigenvalue weighted by Crippen LogP contribution is -2.11. The van der Waals surface area contributed by atoms with Crippen molar-refractivity contribution in [3.63, 3.8) is 0 Å². The Hall–Kier alpha value is -0.100. The van der Waals surface area contributed by atoms with Crippen LogP contribution in [0.3, 0.4) is 0 Å². The Balaban J connectivity index is 1.99. The number of halogens is 2. The summed E-state index contributed by atoms with van der Waals surface area (Å²) < 4.78 is 1.07. The van der Waals surface area contributed by atoms with Crippen LogP contribution in [0, 0.1) is 3.57 Å². The predicted molar refractivity (Wildman–Crippen MR) is 83.7 cm³/mol. The van der Waals surface area contributed by atoms with Crippen LogP contribution < -0.4 is 5.73 Å². The highest BCUT2D eigenvalue weighted by atomic mass is 127. The van der Waals surface area contributed by atoms with Gasteiger partial charge in [0.25, 0.3) is 0 Å². The van der Waals surface area contributed by atoms with Crippen molar-refractivity contribution in [3.8, 4) is 0 Å². The second-order valence-corrected chi connectivity index (χ2v) is 6.30. The van der Waals surface area contributed by atoms with Crippen molar-refractivity contribution in [2.75, 3.05) is 0 Å². The van der Waals surface area contributed by atoms with Crippen LogP contribution in [0.4, 0.5) is 0 Å². The SMILES string of the molecule is NC(CCc1ccsc1)c1ccc(I)c(Cl)c1. The number of nitrogens with two attached hydrogens (primary N) is 1. The van der Waals surface area contributed by atoms with Crippen molar-refractivity contribution in [1.82, 2.24) is 0 Å². The van der Waals surface area contributed by atoms with Crippen LogP contribution in [-0.4, -0.2) is 0 Å². The summed E-state index contributed by atoms with van der Waals surface area (Å²) in [6.07, 6.45) is 1.97. The zero-order valence-corrected chi connectivity index (χ0v) is 12.9. The number of hydrogen-bond donors (Lipinski definition) is 1. The van der Waals surface area contributed by atoms with Crippen LogP contribution >= 0.6 is 45.5 Å². The van der Waals surface area contributed by atoms with Crippen molar-refractivity contribution in [1.29, 1.82) is 0 Å². The second-order valence-electron chi connectivity index (χ2n) is 3.95. The molecule has 0 aliphatic carbocycles. The Morgan fingerprint density at radius 1 is 1.35 bits per heavy atom. The van der Waals surface area contributed by atoms with Crippen molar-refractivity contribution in [2.24, 2.45) is 5.73 Å². The highest BCUT2D eigenvalue weighted by Crippen LogP contribution is 2.24. The van der Waals surface area contributed by atoms with Crippen LogP contribution in [0.2, 0.25) is 5.02 Å². The maximum absolute atomic E-state index is 6.17. The van der Waals surface area contributed by atoms with Crippen molar-refractivity contribution in [2.45, 2.75) is 18.9 Å². The molecule has 1 nitrogen and oxygen atoms in total. The Morgan fingerprint density at radius 3 is 2.82 bits per heavy atom. The van der Waals surface area contributed by atoms with Gasteiger partial charge < -0.3 is 5.73 Å². The minimum Gasteiger partial charge on any atom is -0.324 e. The number of benzene rings is 1. The van der Waals surface area contributed by atoms with Crippen molar-refractivity contribution in [3.05, 3.63) is 54.7 Å². The summed E-state index contributed by atoms with van der Waals surface area (Å²) in [7, 11) is 0. The quantitative estimate of drug-likeness (QED) is 0.772. The lowest BCUT2D eigenvalue weighted by atomic mass is 10.0. The molecule has 0 aliphatic rings.